The van der Waals surface area contributed by atoms with Crippen molar-refractivity contribution < 1.29 is 14.7 Å². The molecular weight excluding hydrogens is 416 g/mol. The molecule has 1 aromatic carbocycles. The number of fused-ring (bicyclic) bond motifs is 2. The number of hydrogen-bond acceptors (Lipinski definition) is 7. The highest BCUT2D eigenvalue weighted by Gasteiger charge is 2.50. The normalized spacial score (nSPS) is 22.7. The molecule has 0 fully saturated rings. The minimum Gasteiger partial charge on any atom is -0.489 e. The predicted octanol–water partition coefficient (Wildman–Crippen LogP) is 4.19. The molecular formula is C26H32N4O3. The van der Waals surface area contributed by atoms with Gasteiger partial charge in [0.2, 0.25) is 11.7 Å². The molecule has 3 unspecified atom stereocenters. The average molecular weight is 449 g/mol. The average Bonchev–Trinajstić information content (AvgIpc) is 3.04. The number of allylic oxidation sites excluding steroid dienone is 5. The third-order valence-corrected chi connectivity index (χ3v) is 5.78. The molecule has 3 N–H and O–H groups in total. The Morgan fingerprint density at radius 1 is 1.42 bits per heavy atom. The SMILES string of the molecule is C=C(C#N)C=C(C(=C)C)c1ccc2c(c1)C1(CC(C(C=C(C)C)CCO)O2)N=C(N)N(C)O1. The number of guanidine groups is 1. The zero-order valence-electron chi connectivity index (χ0n) is 19.8. The molecule has 0 amide bonds. The van der Waals surface area contributed by atoms with Gasteiger partial charge in [-0.3, -0.25) is 0 Å². The predicted molar refractivity (Wildman–Crippen MR) is 130 cm³/mol. The fraction of sp³-hybridized carbons (Fsp3) is 0.385. The van der Waals surface area contributed by atoms with Crippen molar-refractivity contribution in [1.82, 2.24) is 5.06 Å². The van der Waals surface area contributed by atoms with Gasteiger partial charge in [-0.25, -0.2) is 14.9 Å². The Kier molecular flexibility index (Phi) is 7.11. The van der Waals surface area contributed by atoms with Crippen LogP contribution in [0.2, 0.25) is 0 Å². The Hall–Kier alpha value is -3.34. The molecule has 7 nitrogen and oxygen atoms in total. The van der Waals surface area contributed by atoms with Gasteiger partial charge in [0.15, 0.2) is 0 Å². The van der Waals surface area contributed by atoms with Crippen LogP contribution in [0.1, 0.15) is 44.7 Å². The van der Waals surface area contributed by atoms with Crippen molar-refractivity contribution in [3.8, 4) is 11.8 Å². The molecule has 0 aromatic heterocycles. The van der Waals surface area contributed by atoms with Crippen LogP contribution in [0, 0.1) is 17.2 Å². The molecule has 7 heteroatoms. The molecule has 0 saturated heterocycles. The lowest BCUT2D eigenvalue weighted by atomic mass is 9.83. The quantitative estimate of drug-likeness (QED) is 0.368. The fourth-order valence-corrected chi connectivity index (χ4v) is 4.29. The van der Waals surface area contributed by atoms with Gasteiger partial charge in [0, 0.05) is 31.6 Å². The lowest BCUT2D eigenvalue weighted by Crippen LogP contribution is -2.42. The number of nitrogens with zero attached hydrogens (tertiary/aromatic N) is 3. The van der Waals surface area contributed by atoms with E-state index in [-0.39, 0.29) is 24.6 Å². The molecule has 1 spiro atoms. The minimum atomic E-state index is -1.05. The molecule has 174 valence electrons. The topological polar surface area (TPSA) is 104 Å². The summed E-state index contributed by atoms with van der Waals surface area (Å²) in [4.78, 5) is 10.9. The summed E-state index contributed by atoms with van der Waals surface area (Å²) in [5.74, 6) is 0.911. The summed E-state index contributed by atoms with van der Waals surface area (Å²) in [6.45, 7) is 13.8. The monoisotopic (exact) mass is 448 g/mol. The van der Waals surface area contributed by atoms with Crippen LogP contribution in [-0.2, 0) is 10.6 Å². The Morgan fingerprint density at radius 3 is 2.70 bits per heavy atom. The van der Waals surface area contributed by atoms with Gasteiger partial charge in [0.1, 0.15) is 11.9 Å². The molecule has 3 rings (SSSR count). The zero-order valence-corrected chi connectivity index (χ0v) is 19.8. The van der Waals surface area contributed by atoms with Crippen LogP contribution >= 0.6 is 0 Å². The first-order chi connectivity index (χ1) is 15.6. The molecule has 0 bridgehead atoms. The number of rotatable bonds is 7. The van der Waals surface area contributed by atoms with Crippen LogP contribution in [0.25, 0.3) is 5.57 Å². The lowest BCUT2D eigenvalue weighted by molar-refractivity contribution is -0.193. The highest BCUT2D eigenvalue weighted by molar-refractivity contribution is 5.82. The zero-order chi connectivity index (χ0) is 24.3. The molecule has 1 aromatic rings. The number of aliphatic hydroxyl groups is 1. The van der Waals surface area contributed by atoms with Crippen molar-refractivity contribution in [2.75, 3.05) is 13.7 Å². The fourth-order valence-electron chi connectivity index (χ4n) is 4.29. The van der Waals surface area contributed by atoms with E-state index in [9.17, 15) is 10.4 Å². The van der Waals surface area contributed by atoms with Gasteiger partial charge in [-0.2, -0.15) is 5.26 Å². The van der Waals surface area contributed by atoms with Crippen molar-refractivity contribution in [3.05, 3.63) is 71.4 Å². The van der Waals surface area contributed by atoms with E-state index >= 15 is 0 Å². The van der Waals surface area contributed by atoms with Gasteiger partial charge in [-0.1, -0.05) is 36.4 Å². The van der Waals surface area contributed by atoms with E-state index in [0.717, 1.165) is 27.8 Å². The third-order valence-electron chi connectivity index (χ3n) is 5.78. The highest BCUT2D eigenvalue weighted by Crippen LogP contribution is 2.48. The van der Waals surface area contributed by atoms with Crippen LogP contribution in [0.15, 0.2) is 65.2 Å². The van der Waals surface area contributed by atoms with Gasteiger partial charge < -0.3 is 15.6 Å². The number of hydrogen-bond donors (Lipinski definition) is 2. The van der Waals surface area contributed by atoms with Crippen molar-refractivity contribution in [2.45, 2.75) is 45.4 Å². The number of hydroxylamine groups is 2. The summed E-state index contributed by atoms with van der Waals surface area (Å²) in [7, 11) is 1.72. The number of ether oxygens (including phenoxy) is 1. The third kappa shape index (κ3) is 5.03. The Labute approximate surface area is 195 Å². The maximum absolute atomic E-state index is 9.64. The van der Waals surface area contributed by atoms with E-state index in [1.54, 1.807) is 13.1 Å². The molecule has 0 radical (unpaired) electrons. The van der Waals surface area contributed by atoms with Crippen molar-refractivity contribution in [1.29, 1.82) is 5.26 Å². The van der Waals surface area contributed by atoms with Crippen LogP contribution in [0.4, 0.5) is 0 Å². The molecule has 0 aliphatic carbocycles. The Bertz CT molecular complexity index is 1090. The largest absolute Gasteiger partial charge is 0.489 e. The molecule has 3 atom stereocenters. The number of nitrogens with two attached hydrogens (primary N) is 1. The smallest absolute Gasteiger partial charge is 0.221 e. The summed E-state index contributed by atoms with van der Waals surface area (Å²) < 4.78 is 6.43. The van der Waals surface area contributed by atoms with Gasteiger partial charge in [0.25, 0.3) is 0 Å². The Balaban J connectivity index is 2.14. The maximum Gasteiger partial charge on any atom is 0.221 e. The number of aliphatic hydroxyl groups excluding tert-OH is 1. The van der Waals surface area contributed by atoms with Crippen molar-refractivity contribution in [3.63, 3.8) is 0 Å². The summed E-state index contributed by atoms with van der Waals surface area (Å²) in [6.07, 6.45) is 4.57. The number of nitriles is 1. The van der Waals surface area contributed by atoms with E-state index in [4.69, 9.17) is 20.3 Å². The van der Waals surface area contributed by atoms with E-state index in [1.807, 2.05) is 39.0 Å². The summed E-state index contributed by atoms with van der Waals surface area (Å²) in [6, 6.07) is 7.82. The first-order valence-corrected chi connectivity index (χ1v) is 10.9. The first kappa shape index (κ1) is 24.3. The minimum absolute atomic E-state index is 0.0135. The van der Waals surface area contributed by atoms with Crippen LogP contribution < -0.4 is 10.5 Å². The summed E-state index contributed by atoms with van der Waals surface area (Å²) in [5.41, 5.74) is 9.74. The van der Waals surface area contributed by atoms with Gasteiger partial charge in [0.05, 0.1) is 11.6 Å². The van der Waals surface area contributed by atoms with E-state index in [1.165, 1.54) is 5.06 Å². The number of aliphatic imine (C=N–C) groups is 1. The summed E-state index contributed by atoms with van der Waals surface area (Å²) in [5, 5.41) is 20.3. The first-order valence-electron chi connectivity index (χ1n) is 10.9. The maximum atomic E-state index is 9.64. The van der Waals surface area contributed by atoms with Crippen molar-refractivity contribution in [2.24, 2.45) is 16.6 Å². The van der Waals surface area contributed by atoms with Crippen LogP contribution in [0.3, 0.4) is 0 Å². The molecule has 2 heterocycles. The second-order valence-electron chi connectivity index (χ2n) is 8.81. The van der Waals surface area contributed by atoms with Gasteiger partial charge in [-0.15, -0.1) is 0 Å². The molecule has 2 aliphatic heterocycles. The van der Waals surface area contributed by atoms with Crippen molar-refractivity contribution >= 4 is 11.5 Å². The second kappa shape index (κ2) is 9.65. The van der Waals surface area contributed by atoms with E-state index < -0.39 is 5.72 Å². The van der Waals surface area contributed by atoms with Crippen LogP contribution in [0.5, 0.6) is 5.75 Å². The molecule has 0 saturated carbocycles. The second-order valence-corrected chi connectivity index (χ2v) is 8.81. The summed E-state index contributed by atoms with van der Waals surface area (Å²) >= 11 is 0. The standard InChI is InChI=1S/C26H32N4O3/c1-16(2)11-20(9-10-31)24-14-26(29-25(28)30(6)33-26)22-13-19(7-8-23(22)32-24)21(17(3)4)12-18(5)15-27/h7-8,11-13,20,24,31H,3,5,9-10,14H2,1-2,4,6H3,(H2,28,29). The van der Waals surface area contributed by atoms with E-state index in [0.29, 0.717) is 24.2 Å². The Morgan fingerprint density at radius 2 is 2.15 bits per heavy atom. The molecule has 2 aliphatic rings. The van der Waals surface area contributed by atoms with E-state index in [2.05, 4.69) is 25.3 Å². The van der Waals surface area contributed by atoms with Gasteiger partial charge >= 0.3 is 0 Å². The lowest BCUT2D eigenvalue weighted by Gasteiger charge is -2.39. The van der Waals surface area contributed by atoms with Gasteiger partial charge in [-0.05, 0) is 56.5 Å². The number of benzene rings is 1. The highest BCUT2D eigenvalue weighted by atomic mass is 16.7. The molecule has 33 heavy (non-hydrogen) atoms. The van der Waals surface area contributed by atoms with Crippen LogP contribution in [-0.4, -0.2) is 35.9 Å².